The van der Waals surface area contributed by atoms with Crippen LogP contribution < -0.4 is 0 Å². The summed E-state index contributed by atoms with van der Waals surface area (Å²) in [6.07, 6.45) is 1.74. The van der Waals surface area contributed by atoms with Crippen molar-refractivity contribution in [1.29, 1.82) is 0 Å². The Hall–Kier alpha value is -0.740. The normalized spacial score (nSPS) is 11.7. The van der Waals surface area contributed by atoms with Crippen LogP contribution in [0.1, 0.15) is 64.2 Å². The van der Waals surface area contributed by atoms with Crippen LogP contribution in [-0.4, -0.2) is 17.3 Å². The lowest BCUT2D eigenvalue weighted by atomic mass is 10.1. The van der Waals surface area contributed by atoms with Crippen molar-refractivity contribution < 1.29 is 23.1 Å². The summed E-state index contributed by atoms with van der Waals surface area (Å²) >= 11 is 0. The molecule has 0 aromatic carbocycles. The second kappa shape index (κ2) is 9.31. The van der Waals surface area contributed by atoms with Crippen LogP contribution in [0.15, 0.2) is 0 Å². The van der Waals surface area contributed by atoms with E-state index in [9.17, 15) is 18.0 Å². The van der Waals surface area contributed by atoms with E-state index < -0.39 is 18.6 Å². The molecule has 0 bridgehead atoms. The van der Waals surface area contributed by atoms with Crippen LogP contribution >= 0.6 is 0 Å². The standard InChI is InChI=1S/C12H21F3O2/c13-12(14,15)10-8-6-4-2-1-3-5-7-9-11(16)17/h1-10H2,(H,16,17). The van der Waals surface area contributed by atoms with Gasteiger partial charge >= 0.3 is 12.1 Å². The Morgan fingerprint density at radius 3 is 1.65 bits per heavy atom. The highest BCUT2D eigenvalue weighted by atomic mass is 19.4. The van der Waals surface area contributed by atoms with Gasteiger partial charge in [0.2, 0.25) is 0 Å². The van der Waals surface area contributed by atoms with Crippen LogP contribution in [0.25, 0.3) is 0 Å². The van der Waals surface area contributed by atoms with Gasteiger partial charge in [-0.2, -0.15) is 13.2 Å². The Labute approximate surface area is 100 Å². The Morgan fingerprint density at radius 2 is 1.24 bits per heavy atom. The zero-order chi connectivity index (χ0) is 13.1. The van der Waals surface area contributed by atoms with Gasteiger partial charge in [0, 0.05) is 12.8 Å². The Balaban J connectivity index is 3.06. The third-order valence-electron chi connectivity index (χ3n) is 2.60. The molecule has 0 aliphatic carbocycles. The van der Waals surface area contributed by atoms with Crippen LogP contribution in [0.2, 0.25) is 0 Å². The Morgan fingerprint density at radius 1 is 0.824 bits per heavy atom. The molecule has 0 aliphatic rings. The number of hydrogen-bond acceptors (Lipinski definition) is 1. The summed E-state index contributed by atoms with van der Waals surface area (Å²) in [5.41, 5.74) is 0. The van der Waals surface area contributed by atoms with Crippen LogP contribution in [-0.2, 0) is 4.79 Å². The highest BCUT2D eigenvalue weighted by Crippen LogP contribution is 2.23. The van der Waals surface area contributed by atoms with Crippen molar-refractivity contribution >= 4 is 5.97 Å². The van der Waals surface area contributed by atoms with Crippen molar-refractivity contribution in [3.05, 3.63) is 0 Å². The van der Waals surface area contributed by atoms with Gasteiger partial charge in [-0.3, -0.25) is 4.79 Å². The summed E-state index contributed by atoms with van der Waals surface area (Å²) in [5, 5.41) is 8.39. The highest BCUT2D eigenvalue weighted by Gasteiger charge is 2.25. The summed E-state index contributed by atoms with van der Waals surface area (Å²) in [6.45, 7) is 0. The van der Waals surface area contributed by atoms with Crippen LogP contribution in [0, 0.1) is 0 Å². The van der Waals surface area contributed by atoms with Crippen molar-refractivity contribution in [3.8, 4) is 0 Å². The second-order valence-corrected chi connectivity index (χ2v) is 4.34. The second-order valence-electron chi connectivity index (χ2n) is 4.34. The van der Waals surface area contributed by atoms with E-state index in [1.165, 1.54) is 0 Å². The minimum atomic E-state index is -4.02. The summed E-state index contributed by atoms with van der Waals surface area (Å²) in [7, 11) is 0. The van der Waals surface area contributed by atoms with Gasteiger partial charge in [0.25, 0.3) is 0 Å². The molecule has 0 amide bonds. The van der Waals surface area contributed by atoms with Gasteiger partial charge in [0.15, 0.2) is 0 Å². The van der Waals surface area contributed by atoms with E-state index >= 15 is 0 Å². The molecule has 0 spiro atoms. The largest absolute Gasteiger partial charge is 0.481 e. The summed E-state index contributed by atoms with van der Waals surface area (Å²) in [4.78, 5) is 10.2. The lowest BCUT2D eigenvalue weighted by molar-refractivity contribution is -0.137. The first kappa shape index (κ1) is 16.3. The van der Waals surface area contributed by atoms with E-state index in [-0.39, 0.29) is 12.8 Å². The molecular formula is C12H21F3O2. The molecule has 0 atom stereocenters. The number of carbonyl (C=O) groups is 1. The van der Waals surface area contributed by atoms with Crippen molar-refractivity contribution in [1.82, 2.24) is 0 Å². The maximum atomic E-state index is 11.8. The monoisotopic (exact) mass is 254 g/mol. The van der Waals surface area contributed by atoms with E-state index in [0.29, 0.717) is 12.8 Å². The fraction of sp³-hybridized carbons (Fsp3) is 0.917. The van der Waals surface area contributed by atoms with Crippen molar-refractivity contribution in [2.45, 2.75) is 70.4 Å². The minimum absolute atomic E-state index is 0.214. The molecule has 0 aromatic heterocycles. The molecule has 0 heterocycles. The maximum Gasteiger partial charge on any atom is 0.389 e. The van der Waals surface area contributed by atoms with Gasteiger partial charge in [-0.25, -0.2) is 0 Å². The van der Waals surface area contributed by atoms with Gasteiger partial charge in [0.1, 0.15) is 0 Å². The molecule has 102 valence electrons. The van der Waals surface area contributed by atoms with Gasteiger partial charge < -0.3 is 5.11 Å². The SMILES string of the molecule is O=C(O)CCCCCCCCCCC(F)(F)F. The zero-order valence-electron chi connectivity index (χ0n) is 10.1. The Bertz CT molecular complexity index is 202. The lowest BCUT2D eigenvalue weighted by Gasteiger charge is -2.05. The molecule has 1 N–H and O–H groups in total. The molecule has 0 aliphatic heterocycles. The molecule has 0 fully saturated rings. The van der Waals surface area contributed by atoms with E-state index in [2.05, 4.69) is 0 Å². The van der Waals surface area contributed by atoms with Gasteiger partial charge in [-0.05, 0) is 12.8 Å². The van der Waals surface area contributed by atoms with E-state index in [4.69, 9.17) is 5.11 Å². The fourth-order valence-corrected chi connectivity index (χ4v) is 1.66. The number of alkyl halides is 3. The molecular weight excluding hydrogens is 233 g/mol. The van der Waals surface area contributed by atoms with Gasteiger partial charge in [-0.15, -0.1) is 0 Å². The summed E-state index contributed by atoms with van der Waals surface area (Å²) < 4.78 is 35.4. The molecule has 17 heavy (non-hydrogen) atoms. The first-order valence-corrected chi connectivity index (χ1v) is 6.20. The molecule has 0 unspecified atom stereocenters. The fourth-order valence-electron chi connectivity index (χ4n) is 1.66. The predicted molar refractivity (Wildman–Crippen MR) is 59.9 cm³/mol. The molecule has 0 aromatic rings. The molecule has 0 saturated heterocycles. The first-order chi connectivity index (χ1) is 7.92. The summed E-state index contributed by atoms with van der Waals surface area (Å²) in [6, 6.07) is 0. The number of aliphatic carboxylic acids is 1. The van der Waals surface area contributed by atoms with Crippen molar-refractivity contribution in [2.24, 2.45) is 0 Å². The van der Waals surface area contributed by atoms with E-state index in [1.807, 2.05) is 0 Å². The quantitative estimate of drug-likeness (QED) is 0.581. The van der Waals surface area contributed by atoms with Crippen molar-refractivity contribution in [3.63, 3.8) is 0 Å². The zero-order valence-corrected chi connectivity index (χ0v) is 10.1. The first-order valence-electron chi connectivity index (χ1n) is 6.20. The van der Waals surface area contributed by atoms with Crippen LogP contribution in [0.4, 0.5) is 13.2 Å². The highest BCUT2D eigenvalue weighted by molar-refractivity contribution is 5.66. The van der Waals surface area contributed by atoms with Crippen LogP contribution in [0.3, 0.4) is 0 Å². The molecule has 0 rings (SSSR count). The predicted octanol–water partition coefficient (Wildman–Crippen LogP) is 4.53. The maximum absolute atomic E-state index is 11.8. The summed E-state index contributed by atoms with van der Waals surface area (Å²) in [5.74, 6) is -0.767. The van der Waals surface area contributed by atoms with Gasteiger partial charge in [-0.1, -0.05) is 38.5 Å². The topological polar surface area (TPSA) is 37.3 Å². The van der Waals surface area contributed by atoms with Crippen molar-refractivity contribution in [2.75, 3.05) is 0 Å². The van der Waals surface area contributed by atoms with Crippen LogP contribution in [0.5, 0.6) is 0 Å². The number of halogens is 3. The minimum Gasteiger partial charge on any atom is -0.481 e. The number of carboxylic acid groups (broad SMARTS) is 1. The van der Waals surface area contributed by atoms with E-state index in [0.717, 1.165) is 32.1 Å². The number of unbranched alkanes of at least 4 members (excludes halogenated alkanes) is 7. The molecule has 0 saturated carbocycles. The lowest BCUT2D eigenvalue weighted by Crippen LogP contribution is -2.06. The molecule has 2 nitrogen and oxygen atoms in total. The number of hydrogen-bond donors (Lipinski definition) is 1. The third kappa shape index (κ3) is 15.3. The smallest absolute Gasteiger partial charge is 0.389 e. The number of carboxylic acids is 1. The average molecular weight is 254 g/mol. The van der Waals surface area contributed by atoms with Gasteiger partial charge in [0.05, 0.1) is 0 Å². The Kier molecular flexibility index (Phi) is 8.90. The third-order valence-corrected chi connectivity index (χ3v) is 2.60. The van der Waals surface area contributed by atoms with E-state index in [1.54, 1.807) is 0 Å². The number of rotatable bonds is 10. The average Bonchev–Trinajstić information content (AvgIpc) is 2.18. The molecule has 5 heteroatoms. The molecule has 0 radical (unpaired) electrons.